The Morgan fingerprint density at radius 3 is 2.58 bits per heavy atom. The van der Waals surface area contributed by atoms with Crippen LogP contribution in [-0.4, -0.2) is 44.9 Å². The van der Waals surface area contributed by atoms with Crippen LogP contribution < -0.4 is 10.1 Å². The quantitative estimate of drug-likeness (QED) is 0.567. The van der Waals surface area contributed by atoms with Crippen molar-refractivity contribution in [3.63, 3.8) is 0 Å². The van der Waals surface area contributed by atoms with E-state index in [9.17, 15) is 17.6 Å². The van der Waals surface area contributed by atoms with Gasteiger partial charge in [-0.25, -0.2) is 12.8 Å². The van der Waals surface area contributed by atoms with E-state index in [2.05, 4.69) is 5.32 Å². The van der Waals surface area contributed by atoms with Gasteiger partial charge in [0.15, 0.2) is 11.6 Å². The first-order valence-electron chi connectivity index (χ1n) is 9.89. The third kappa shape index (κ3) is 6.10. The van der Waals surface area contributed by atoms with Gasteiger partial charge in [-0.1, -0.05) is 35.3 Å². The zero-order valence-corrected chi connectivity index (χ0v) is 19.0. The van der Waals surface area contributed by atoms with Gasteiger partial charge in [-0.15, -0.1) is 0 Å². The van der Waals surface area contributed by atoms with Crippen LogP contribution in [0.5, 0.6) is 5.75 Å². The molecule has 3 rings (SSSR count). The van der Waals surface area contributed by atoms with E-state index in [1.54, 1.807) is 18.2 Å². The number of halogens is 3. The highest BCUT2D eigenvalue weighted by molar-refractivity contribution is 7.89. The van der Waals surface area contributed by atoms with Crippen molar-refractivity contribution in [3.05, 3.63) is 58.3 Å². The first kappa shape index (κ1) is 23.8. The lowest BCUT2D eigenvalue weighted by atomic mass is 9.97. The van der Waals surface area contributed by atoms with Crippen molar-refractivity contribution >= 4 is 39.1 Å². The highest BCUT2D eigenvalue weighted by Gasteiger charge is 2.33. The van der Waals surface area contributed by atoms with Gasteiger partial charge in [0.2, 0.25) is 15.9 Å². The second-order valence-electron chi connectivity index (χ2n) is 7.18. The molecular weight excluding hydrogens is 466 g/mol. The summed E-state index contributed by atoms with van der Waals surface area (Å²) in [4.78, 5) is 12.4. The minimum atomic E-state index is -3.78. The van der Waals surface area contributed by atoms with E-state index in [0.29, 0.717) is 25.8 Å². The highest BCUT2D eigenvalue weighted by atomic mass is 35.5. The highest BCUT2D eigenvalue weighted by Crippen LogP contribution is 2.30. The zero-order chi connectivity index (χ0) is 22.4. The molecule has 168 valence electrons. The molecule has 1 N–H and O–H groups in total. The maximum absolute atomic E-state index is 13.5. The fourth-order valence-corrected chi connectivity index (χ4v) is 5.55. The Labute approximate surface area is 191 Å². The van der Waals surface area contributed by atoms with Crippen molar-refractivity contribution in [1.29, 1.82) is 0 Å². The van der Waals surface area contributed by atoms with Crippen LogP contribution in [0.1, 0.15) is 19.3 Å². The molecule has 0 aromatic heterocycles. The fourth-order valence-electron chi connectivity index (χ4n) is 3.34. The molecule has 1 aliphatic heterocycles. The van der Waals surface area contributed by atoms with Crippen LogP contribution in [0, 0.1) is 11.7 Å². The van der Waals surface area contributed by atoms with E-state index in [1.807, 2.05) is 0 Å². The van der Waals surface area contributed by atoms with Crippen molar-refractivity contribution in [1.82, 2.24) is 9.62 Å². The van der Waals surface area contributed by atoms with Crippen LogP contribution in [0.2, 0.25) is 10.0 Å². The maximum Gasteiger partial charge on any atom is 0.244 e. The monoisotopic (exact) mass is 488 g/mol. The second kappa shape index (κ2) is 10.6. The van der Waals surface area contributed by atoms with Crippen LogP contribution in [-0.2, 0) is 14.8 Å². The van der Waals surface area contributed by atoms with Crippen molar-refractivity contribution < 1.29 is 22.3 Å². The molecule has 0 spiro atoms. The number of ether oxygens (including phenoxy) is 1. The molecule has 2 aromatic carbocycles. The summed E-state index contributed by atoms with van der Waals surface area (Å²) in [6.07, 6.45) is 1.35. The van der Waals surface area contributed by atoms with Gasteiger partial charge in [0.1, 0.15) is 4.90 Å². The Hall–Kier alpha value is -1.87. The number of nitrogens with one attached hydrogen (secondary N) is 1. The summed E-state index contributed by atoms with van der Waals surface area (Å²) in [7, 11) is -3.78. The molecule has 0 bridgehead atoms. The lowest BCUT2D eigenvalue weighted by molar-refractivity contribution is -0.126. The summed E-state index contributed by atoms with van der Waals surface area (Å²) < 4.78 is 45.9. The summed E-state index contributed by atoms with van der Waals surface area (Å²) in [5.41, 5.74) is 0. The number of piperidine rings is 1. The first-order valence-corrected chi connectivity index (χ1v) is 12.1. The summed E-state index contributed by atoms with van der Waals surface area (Å²) in [6.45, 7) is 1.11. The molecule has 1 aliphatic rings. The number of para-hydroxylation sites is 1. The smallest absolute Gasteiger partial charge is 0.244 e. The van der Waals surface area contributed by atoms with Crippen LogP contribution in [0.3, 0.4) is 0 Å². The predicted octanol–water partition coefficient (Wildman–Crippen LogP) is 4.12. The van der Waals surface area contributed by atoms with Crippen molar-refractivity contribution in [2.75, 3.05) is 26.2 Å². The molecule has 1 fully saturated rings. The first-order chi connectivity index (χ1) is 14.8. The Kier molecular flexibility index (Phi) is 8.16. The van der Waals surface area contributed by atoms with Gasteiger partial charge in [0, 0.05) is 30.6 Å². The second-order valence-corrected chi connectivity index (χ2v) is 9.93. The average molecular weight is 489 g/mol. The number of carbonyl (C=O) groups excluding carboxylic acids is 1. The molecule has 1 heterocycles. The van der Waals surface area contributed by atoms with Crippen molar-refractivity contribution in [3.8, 4) is 5.75 Å². The van der Waals surface area contributed by atoms with E-state index >= 15 is 0 Å². The predicted molar refractivity (Wildman–Crippen MR) is 117 cm³/mol. The number of nitrogens with zero attached hydrogens (tertiary/aromatic N) is 1. The van der Waals surface area contributed by atoms with Gasteiger partial charge < -0.3 is 10.1 Å². The van der Waals surface area contributed by atoms with Gasteiger partial charge in [0.05, 0.1) is 11.6 Å². The Morgan fingerprint density at radius 2 is 1.87 bits per heavy atom. The maximum atomic E-state index is 13.5. The van der Waals surface area contributed by atoms with E-state index in [1.165, 1.54) is 28.6 Å². The van der Waals surface area contributed by atoms with E-state index < -0.39 is 15.8 Å². The molecule has 1 saturated heterocycles. The van der Waals surface area contributed by atoms with Crippen LogP contribution in [0.4, 0.5) is 4.39 Å². The molecule has 2 aromatic rings. The summed E-state index contributed by atoms with van der Waals surface area (Å²) in [5.74, 6) is -0.632. The minimum Gasteiger partial charge on any atom is -0.490 e. The molecule has 0 radical (unpaired) electrons. The third-order valence-electron chi connectivity index (χ3n) is 5.05. The number of amides is 1. The van der Waals surface area contributed by atoms with Gasteiger partial charge in [-0.2, -0.15) is 4.31 Å². The molecule has 0 unspecified atom stereocenters. The Bertz CT molecular complexity index is 1030. The lowest BCUT2D eigenvalue weighted by Gasteiger charge is -2.30. The van der Waals surface area contributed by atoms with Gasteiger partial charge in [-0.3, -0.25) is 4.79 Å². The fraction of sp³-hybridized carbons (Fsp3) is 0.381. The largest absolute Gasteiger partial charge is 0.490 e. The lowest BCUT2D eigenvalue weighted by Crippen LogP contribution is -2.43. The van der Waals surface area contributed by atoms with Crippen LogP contribution in [0.25, 0.3) is 0 Å². The van der Waals surface area contributed by atoms with Crippen molar-refractivity contribution in [2.24, 2.45) is 5.92 Å². The Morgan fingerprint density at radius 1 is 1.16 bits per heavy atom. The number of hydrogen-bond donors (Lipinski definition) is 1. The summed E-state index contributed by atoms with van der Waals surface area (Å²) in [6, 6.07) is 10.5. The molecule has 6 nitrogen and oxygen atoms in total. The van der Waals surface area contributed by atoms with Gasteiger partial charge in [-0.05, 0) is 49.6 Å². The topological polar surface area (TPSA) is 75.7 Å². The van der Waals surface area contributed by atoms with Crippen LogP contribution >= 0.6 is 23.2 Å². The number of benzene rings is 2. The van der Waals surface area contributed by atoms with E-state index in [0.717, 1.165) is 0 Å². The van der Waals surface area contributed by atoms with Gasteiger partial charge in [0.25, 0.3) is 0 Å². The standard InChI is InChI=1S/C21H23Cl2FN2O4S/c22-16-6-7-17(23)20(14-16)31(28,29)26-11-8-15(9-12-26)21(27)25-10-3-13-30-19-5-2-1-4-18(19)24/h1-2,4-7,14-15H,3,8-13H2,(H,25,27). The number of hydrogen-bond acceptors (Lipinski definition) is 4. The molecule has 0 aliphatic carbocycles. The normalized spacial score (nSPS) is 15.6. The molecule has 0 saturated carbocycles. The summed E-state index contributed by atoms with van der Waals surface area (Å²) in [5, 5.41) is 3.24. The van der Waals surface area contributed by atoms with Gasteiger partial charge >= 0.3 is 0 Å². The summed E-state index contributed by atoms with van der Waals surface area (Å²) >= 11 is 12.0. The number of carbonyl (C=O) groups is 1. The molecular formula is C21H23Cl2FN2O4S. The van der Waals surface area contributed by atoms with E-state index in [4.69, 9.17) is 27.9 Å². The molecule has 31 heavy (non-hydrogen) atoms. The van der Waals surface area contributed by atoms with E-state index in [-0.39, 0.29) is 52.2 Å². The zero-order valence-electron chi connectivity index (χ0n) is 16.7. The minimum absolute atomic E-state index is 0.0283. The average Bonchev–Trinajstić information content (AvgIpc) is 2.76. The molecule has 10 heteroatoms. The number of rotatable bonds is 8. The Balaban J connectivity index is 1.43. The SMILES string of the molecule is O=C(NCCCOc1ccccc1F)C1CCN(S(=O)(=O)c2cc(Cl)ccc2Cl)CC1. The van der Waals surface area contributed by atoms with Crippen molar-refractivity contribution in [2.45, 2.75) is 24.2 Å². The molecule has 0 atom stereocenters. The van der Waals surface area contributed by atoms with Crippen LogP contribution in [0.15, 0.2) is 47.4 Å². The third-order valence-corrected chi connectivity index (χ3v) is 7.67. The number of sulfonamides is 1. The molecule has 1 amide bonds.